The topological polar surface area (TPSA) is 159 Å². The second kappa shape index (κ2) is 17.4. The first-order valence-corrected chi connectivity index (χ1v) is 13.2. The lowest BCUT2D eigenvalue weighted by molar-refractivity contribution is -0.141. The van der Waals surface area contributed by atoms with Gasteiger partial charge in [-0.2, -0.15) is 0 Å². The molecule has 2 N–H and O–H groups in total. The summed E-state index contributed by atoms with van der Waals surface area (Å²) in [6.07, 6.45) is -0.109. The van der Waals surface area contributed by atoms with Gasteiger partial charge in [-0.25, -0.2) is 28.1 Å². The van der Waals surface area contributed by atoms with E-state index >= 15 is 0 Å². The van der Waals surface area contributed by atoms with Crippen molar-refractivity contribution >= 4 is 33.5 Å². The highest BCUT2D eigenvalue weighted by molar-refractivity contribution is 8.76. The quantitative estimate of drug-likeness (QED) is 0.198. The summed E-state index contributed by atoms with van der Waals surface area (Å²) in [5, 5.41) is 19.2. The summed E-state index contributed by atoms with van der Waals surface area (Å²) in [5.41, 5.74) is -2.34. The SMILES string of the molecule is CCC(O)Cn1c(=O)n(C)c(=O)n(CC(O)CC)c1=O.COC(=O)CCSSCCC(=O)OC. The van der Waals surface area contributed by atoms with Crippen molar-refractivity contribution in [1.82, 2.24) is 13.7 Å². The van der Waals surface area contributed by atoms with E-state index in [2.05, 4.69) is 9.47 Å². The van der Waals surface area contributed by atoms with Crippen molar-refractivity contribution in [3.05, 3.63) is 31.5 Å². The maximum atomic E-state index is 12.2. The summed E-state index contributed by atoms with van der Waals surface area (Å²) in [7, 11) is 7.12. The lowest BCUT2D eigenvalue weighted by Crippen LogP contribution is -2.55. The summed E-state index contributed by atoms with van der Waals surface area (Å²) < 4.78 is 11.4. The molecule has 14 heteroatoms. The highest BCUT2D eigenvalue weighted by atomic mass is 33.1. The molecule has 0 amide bonds. The van der Waals surface area contributed by atoms with Crippen molar-refractivity contribution in [3.8, 4) is 0 Å². The molecule has 0 bridgehead atoms. The van der Waals surface area contributed by atoms with E-state index in [-0.39, 0.29) is 25.0 Å². The molecule has 2 unspecified atom stereocenters. The van der Waals surface area contributed by atoms with Crippen LogP contribution in [-0.2, 0) is 39.2 Å². The minimum Gasteiger partial charge on any atom is -0.469 e. The smallest absolute Gasteiger partial charge is 0.336 e. The van der Waals surface area contributed by atoms with E-state index in [1.807, 2.05) is 0 Å². The normalized spacial score (nSPS) is 12.3. The molecular formula is C20H35N3O9S2. The third-order valence-corrected chi connectivity index (χ3v) is 6.95. The second-order valence-electron chi connectivity index (χ2n) is 7.05. The second-order valence-corrected chi connectivity index (χ2v) is 9.75. The number of carbonyl (C=O) groups excluding carboxylic acids is 2. The number of carbonyl (C=O) groups is 2. The standard InChI is InChI=1S/C12H21N3O5.C8H14O4S2/c1-4-8(16)6-14-10(18)13(3)11(19)15(12(14)20)7-9(17)5-2;1-11-7(9)3-5-13-14-6-4-8(10)12-2/h8-9,16-17H,4-7H2,1-3H3;3-6H2,1-2H3. The van der Waals surface area contributed by atoms with Crippen molar-refractivity contribution in [2.45, 2.75) is 64.8 Å². The summed E-state index contributed by atoms with van der Waals surface area (Å²) in [5.74, 6) is 1.01. The Morgan fingerprint density at radius 2 is 1.15 bits per heavy atom. The molecule has 2 atom stereocenters. The van der Waals surface area contributed by atoms with Crippen LogP contribution in [0.3, 0.4) is 0 Å². The maximum Gasteiger partial charge on any atom is 0.336 e. The Morgan fingerprint density at radius 3 is 1.44 bits per heavy atom. The highest BCUT2D eigenvalue weighted by Gasteiger charge is 2.17. The number of ether oxygens (including phenoxy) is 2. The van der Waals surface area contributed by atoms with E-state index in [9.17, 15) is 34.2 Å². The largest absolute Gasteiger partial charge is 0.469 e. The number of esters is 2. The fraction of sp³-hybridized carbons (Fsp3) is 0.750. The molecule has 0 saturated carbocycles. The highest BCUT2D eigenvalue weighted by Crippen LogP contribution is 2.22. The molecule has 1 aromatic rings. The van der Waals surface area contributed by atoms with E-state index in [0.717, 1.165) is 13.7 Å². The Labute approximate surface area is 205 Å². The number of rotatable bonds is 13. The van der Waals surface area contributed by atoms with E-state index < -0.39 is 29.3 Å². The molecule has 0 radical (unpaired) electrons. The van der Waals surface area contributed by atoms with Crippen molar-refractivity contribution in [3.63, 3.8) is 0 Å². The number of aliphatic hydroxyl groups excluding tert-OH is 2. The first kappa shape index (κ1) is 32.0. The van der Waals surface area contributed by atoms with Gasteiger partial charge in [-0.05, 0) is 12.8 Å². The predicted octanol–water partition coefficient (Wildman–Crippen LogP) is -0.255. The average Bonchev–Trinajstić information content (AvgIpc) is 2.84. The molecule has 1 rings (SSSR count). The molecule has 34 heavy (non-hydrogen) atoms. The van der Waals surface area contributed by atoms with Crippen LogP contribution in [0.25, 0.3) is 0 Å². The van der Waals surface area contributed by atoms with Crippen LogP contribution in [0.1, 0.15) is 39.5 Å². The molecule has 0 saturated heterocycles. The summed E-state index contributed by atoms with van der Waals surface area (Å²) >= 11 is 0. The van der Waals surface area contributed by atoms with Gasteiger partial charge in [-0.3, -0.25) is 9.59 Å². The Kier molecular flexibility index (Phi) is 16.4. The van der Waals surface area contributed by atoms with E-state index in [0.29, 0.717) is 37.2 Å². The molecule has 0 aromatic carbocycles. The zero-order valence-corrected chi connectivity index (χ0v) is 21.9. The van der Waals surface area contributed by atoms with E-state index in [4.69, 9.17) is 0 Å². The van der Waals surface area contributed by atoms with Gasteiger partial charge in [0.1, 0.15) is 0 Å². The molecule has 1 aromatic heterocycles. The Balaban J connectivity index is 0.000000686. The molecule has 0 aliphatic rings. The van der Waals surface area contributed by atoms with E-state index in [1.54, 1.807) is 35.4 Å². The molecule has 12 nitrogen and oxygen atoms in total. The van der Waals surface area contributed by atoms with Gasteiger partial charge in [0, 0.05) is 18.6 Å². The molecule has 0 spiro atoms. The molecule has 0 aliphatic carbocycles. The lowest BCUT2D eigenvalue weighted by Gasteiger charge is -2.15. The van der Waals surface area contributed by atoms with Gasteiger partial charge in [0.2, 0.25) is 0 Å². The van der Waals surface area contributed by atoms with Crippen LogP contribution in [0.5, 0.6) is 0 Å². The fourth-order valence-electron chi connectivity index (χ4n) is 2.32. The average molecular weight is 526 g/mol. The van der Waals surface area contributed by atoms with Gasteiger partial charge >= 0.3 is 29.0 Å². The number of hydrogen-bond acceptors (Lipinski definition) is 11. The molecule has 0 fully saturated rings. The van der Waals surface area contributed by atoms with Gasteiger partial charge in [0.15, 0.2) is 0 Å². The number of methoxy groups -OCH3 is 2. The van der Waals surface area contributed by atoms with E-state index in [1.165, 1.54) is 21.3 Å². The van der Waals surface area contributed by atoms with Crippen LogP contribution in [-0.4, -0.2) is 73.8 Å². The van der Waals surface area contributed by atoms with Gasteiger partial charge in [-0.15, -0.1) is 0 Å². The van der Waals surface area contributed by atoms with Crippen molar-refractivity contribution in [2.24, 2.45) is 7.05 Å². The zero-order chi connectivity index (χ0) is 26.3. The monoisotopic (exact) mass is 525 g/mol. The van der Waals surface area contributed by atoms with Gasteiger partial charge in [-0.1, -0.05) is 35.4 Å². The Hall–Kier alpha value is -2.03. The summed E-state index contributed by atoms with van der Waals surface area (Å²) in [4.78, 5) is 57.3. The molecular weight excluding hydrogens is 490 g/mol. The number of hydrogen-bond donors (Lipinski definition) is 2. The predicted molar refractivity (Wildman–Crippen MR) is 131 cm³/mol. The van der Waals surface area contributed by atoms with Crippen LogP contribution in [0.4, 0.5) is 0 Å². The fourth-order valence-corrected chi connectivity index (χ4v) is 4.26. The van der Waals surface area contributed by atoms with Crippen LogP contribution in [0.15, 0.2) is 14.4 Å². The first-order valence-electron chi connectivity index (χ1n) is 10.7. The van der Waals surface area contributed by atoms with Gasteiger partial charge in [0.25, 0.3) is 0 Å². The molecule has 0 aliphatic heterocycles. The third kappa shape index (κ3) is 11.4. The van der Waals surface area contributed by atoms with Crippen LogP contribution in [0, 0.1) is 0 Å². The molecule has 1 heterocycles. The first-order chi connectivity index (χ1) is 16.0. The zero-order valence-electron chi connectivity index (χ0n) is 20.2. The van der Waals surface area contributed by atoms with Gasteiger partial charge in [0.05, 0.1) is 52.4 Å². The van der Waals surface area contributed by atoms with Crippen molar-refractivity contribution in [1.29, 1.82) is 0 Å². The summed E-state index contributed by atoms with van der Waals surface area (Å²) in [6, 6.07) is 0. The van der Waals surface area contributed by atoms with Crippen LogP contribution in [0.2, 0.25) is 0 Å². The van der Waals surface area contributed by atoms with Crippen LogP contribution < -0.4 is 17.1 Å². The maximum absolute atomic E-state index is 12.2. The van der Waals surface area contributed by atoms with Crippen LogP contribution >= 0.6 is 21.6 Å². The number of aliphatic hydroxyl groups is 2. The molecule has 196 valence electrons. The number of aromatic nitrogens is 3. The minimum atomic E-state index is -0.845. The van der Waals surface area contributed by atoms with Crippen molar-refractivity contribution < 1.29 is 29.3 Å². The van der Waals surface area contributed by atoms with Gasteiger partial charge < -0.3 is 19.7 Å². The lowest BCUT2D eigenvalue weighted by atomic mass is 10.3. The third-order valence-electron chi connectivity index (χ3n) is 4.54. The minimum absolute atomic E-state index is 0.176. The Morgan fingerprint density at radius 1 is 0.794 bits per heavy atom. The Bertz CT molecular complexity index is 872. The number of nitrogens with zero attached hydrogens (tertiary/aromatic N) is 3. The van der Waals surface area contributed by atoms with Crippen molar-refractivity contribution in [2.75, 3.05) is 25.7 Å². The summed E-state index contributed by atoms with van der Waals surface area (Å²) in [6.45, 7) is 3.09.